The van der Waals surface area contributed by atoms with Crippen LogP contribution in [-0.4, -0.2) is 16.5 Å². The van der Waals surface area contributed by atoms with Crippen LogP contribution in [0.5, 0.6) is 5.75 Å². The van der Waals surface area contributed by atoms with E-state index >= 15 is 0 Å². The minimum atomic E-state index is -0.155. The first-order chi connectivity index (χ1) is 10.6. The van der Waals surface area contributed by atoms with Crippen LogP contribution in [0.25, 0.3) is 0 Å². The number of rotatable bonds is 7. The minimum Gasteiger partial charge on any atom is -0.485 e. The number of benzene rings is 1. The molecule has 0 spiro atoms. The Hall–Kier alpha value is -2.14. The number of nitrogens with one attached hydrogen (secondary N) is 1. The van der Waals surface area contributed by atoms with E-state index in [0.29, 0.717) is 24.7 Å². The average Bonchev–Trinajstić information content (AvgIpc) is 2.50. The molecule has 0 aliphatic rings. The molecule has 22 heavy (non-hydrogen) atoms. The fourth-order valence-electron chi connectivity index (χ4n) is 2.28. The van der Waals surface area contributed by atoms with Gasteiger partial charge in [-0.25, -0.2) is 4.98 Å². The van der Waals surface area contributed by atoms with Crippen molar-refractivity contribution in [2.75, 3.05) is 6.54 Å². The van der Waals surface area contributed by atoms with Gasteiger partial charge in [0.05, 0.1) is 0 Å². The normalized spacial score (nSPS) is 10.9. The van der Waals surface area contributed by atoms with Crippen LogP contribution in [0.4, 0.5) is 0 Å². The molecule has 5 heteroatoms. The van der Waals surface area contributed by atoms with E-state index in [2.05, 4.69) is 23.8 Å². The van der Waals surface area contributed by atoms with E-state index in [0.717, 1.165) is 23.4 Å². The van der Waals surface area contributed by atoms with Gasteiger partial charge in [-0.05, 0) is 36.9 Å². The molecule has 0 atom stereocenters. The Balaban J connectivity index is 2.11. The highest BCUT2D eigenvalue weighted by Crippen LogP contribution is 2.26. The minimum absolute atomic E-state index is 0.155. The summed E-state index contributed by atoms with van der Waals surface area (Å²) in [6.07, 6.45) is 1.52. The molecule has 0 aliphatic carbocycles. The number of para-hydroxylation sites is 1. The van der Waals surface area contributed by atoms with Gasteiger partial charge in [-0.1, -0.05) is 32.0 Å². The van der Waals surface area contributed by atoms with Crippen molar-refractivity contribution in [3.8, 4) is 5.75 Å². The quantitative estimate of drug-likeness (QED) is 0.822. The Morgan fingerprint density at radius 3 is 2.82 bits per heavy atom. The molecule has 2 rings (SSSR count). The molecular weight excluding hydrogens is 278 g/mol. The van der Waals surface area contributed by atoms with Gasteiger partial charge in [0, 0.05) is 11.8 Å². The molecule has 2 aromatic rings. The van der Waals surface area contributed by atoms with Gasteiger partial charge in [0.2, 0.25) is 0 Å². The maximum atomic E-state index is 11.7. The van der Waals surface area contributed by atoms with Crippen LogP contribution < -0.4 is 16.0 Å². The standard InChI is InChI=1S/C17H23N3O2/c1-12(2)14-7-3-4-8-15(14)22-11-16-19-13(6-5-9-18)10-17(21)20-16/h3-4,7-8,10,12H,5-6,9,11,18H2,1-2H3,(H,19,20,21). The van der Waals surface area contributed by atoms with E-state index in [-0.39, 0.29) is 12.2 Å². The van der Waals surface area contributed by atoms with Crippen LogP contribution in [0, 0.1) is 0 Å². The van der Waals surface area contributed by atoms with Gasteiger partial charge in [-0.15, -0.1) is 0 Å². The molecule has 0 fully saturated rings. The van der Waals surface area contributed by atoms with Crippen molar-refractivity contribution in [3.63, 3.8) is 0 Å². The number of nitrogens with two attached hydrogens (primary N) is 1. The highest BCUT2D eigenvalue weighted by atomic mass is 16.5. The lowest BCUT2D eigenvalue weighted by Gasteiger charge is -2.13. The second kappa shape index (κ2) is 7.75. The molecule has 0 aliphatic heterocycles. The molecule has 118 valence electrons. The highest BCUT2D eigenvalue weighted by molar-refractivity contribution is 5.35. The largest absolute Gasteiger partial charge is 0.485 e. The van der Waals surface area contributed by atoms with Crippen molar-refractivity contribution < 1.29 is 4.74 Å². The fourth-order valence-corrected chi connectivity index (χ4v) is 2.28. The fraction of sp³-hybridized carbons (Fsp3) is 0.412. The van der Waals surface area contributed by atoms with Crippen LogP contribution in [0.3, 0.4) is 0 Å². The summed E-state index contributed by atoms with van der Waals surface area (Å²) in [5, 5.41) is 0. The van der Waals surface area contributed by atoms with Gasteiger partial charge < -0.3 is 15.5 Å². The van der Waals surface area contributed by atoms with E-state index in [1.807, 2.05) is 24.3 Å². The maximum absolute atomic E-state index is 11.7. The molecule has 0 amide bonds. The summed E-state index contributed by atoms with van der Waals surface area (Å²) in [6.45, 7) is 5.07. The van der Waals surface area contributed by atoms with Gasteiger partial charge in [-0.2, -0.15) is 0 Å². The number of aromatic nitrogens is 2. The number of ether oxygens (including phenoxy) is 1. The lowest BCUT2D eigenvalue weighted by molar-refractivity contribution is 0.291. The Bertz CT molecular complexity index is 665. The third-order valence-corrected chi connectivity index (χ3v) is 3.39. The predicted molar refractivity (Wildman–Crippen MR) is 87.1 cm³/mol. The lowest BCUT2D eigenvalue weighted by Crippen LogP contribution is -2.15. The first kappa shape index (κ1) is 16.2. The summed E-state index contributed by atoms with van der Waals surface area (Å²) in [7, 11) is 0. The predicted octanol–water partition coefficient (Wildman–Crippen LogP) is 2.36. The molecule has 3 N–H and O–H groups in total. The Kier molecular flexibility index (Phi) is 5.72. The number of nitrogens with zero attached hydrogens (tertiary/aromatic N) is 1. The third kappa shape index (κ3) is 4.43. The second-order valence-electron chi connectivity index (χ2n) is 5.56. The molecule has 0 unspecified atom stereocenters. The first-order valence-electron chi connectivity index (χ1n) is 7.61. The Morgan fingerprint density at radius 1 is 1.32 bits per heavy atom. The van der Waals surface area contributed by atoms with Crippen LogP contribution in [0.15, 0.2) is 35.1 Å². The number of H-pyrrole nitrogens is 1. The van der Waals surface area contributed by atoms with E-state index in [4.69, 9.17) is 10.5 Å². The van der Waals surface area contributed by atoms with Crippen LogP contribution >= 0.6 is 0 Å². The van der Waals surface area contributed by atoms with E-state index in [9.17, 15) is 4.79 Å². The third-order valence-electron chi connectivity index (χ3n) is 3.39. The van der Waals surface area contributed by atoms with Crippen LogP contribution in [0.2, 0.25) is 0 Å². The zero-order valence-electron chi connectivity index (χ0n) is 13.1. The molecule has 1 aromatic heterocycles. The van der Waals surface area contributed by atoms with Crippen molar-refractivity contribution in [2.24, 2.45) is 5.73 Å². The number of aryl methyl sites for hydroxylation is 1. The molecule has 5 nitrogen and oxygen atoms in total. The summed E-state index contributed by atoms with van der Waals surface area (Å²) < 4.78 is 5.84. The van der Waals surface area contributed by atoms with E-state index in [1.54, 1.807) is 0 Å². The van der Waals surface area contributed by atoms with E-state index in [1.165, 1.54) is 6.07 Å². The van der Waals surface area contributed by atoms with Gasteiger partial charge in [0.15, 0.2) is 0 Å². The summed E-state index contributed by atoms with van der Waals surface area (Å²) in [5.74, 6) is 1.74. The van der Waals surface area contributed by atoms with Gasteiger partial charge in [0.25, 0.3) is 5.56 Å². The smallest absolute Gasteiger partial charge is 0.251 e. The monoisotopic (exact) mass is 301 g/mol. The summed E-state index contributed by atoms with van der Waals surface area (Å²) in [5.41, 5.74) is 7.24. The topological polar surface area (TPSA) is 81.0 Å². The average molecular weight is 301 g/mol. The maximum Gasteiger partial charge on any atom is 0.251 e. The van der Waals surface area contributed by atoms with E-state index < -0.39 is 0 Å². The molecule has 1 heterocycles. The molecule has 1 aromatic carbocycles. The molecule has 0 radical (unpaired) electrons. The number of hydrogen-bond acceptors (Lipinski definition) is 4. The molecule has 0 saturated carbocycles. The van der Waals surface area contributed by atoms with Crippen molar-refractivity contribution in [2.45, 2.75) is 39.2 Å². The van der Waals surface area contributed by atoms with Crippen LogP contribution in [0.1, 0.15) is 43.3 Å². The van der Waals surface area contributed by atoms with Crippen molar-refractivity contribution >= 4 is 0 Å². The lowest BCUT2D eigenvalue weighted by atomic mass is 10.0. The summed E-state index contributed by atoms with van der Waals surface area (Å²) >= 11 is 0. The van der Waals surface area contributed by atoms with Gasteiger partial charge >= 0.3 is 0 Å². The zero-order chi connectivity index (χ0) is 15.9. The molecular formula is C17H23N3O2. The van der Waals surface area contributed by atoms with Crippen molar-refractivity contribution in [3.05, 3.63) is 57.8 Å². The van der Waals surface area contributed by atoms with Gasteiger partial charge in [0.1, 0.15) is 18.2 Å². The Morgan fingerprint density at radius 2 is 2.09 bits per heavy atom. The van der Waals surface area contributed by atoms with Crippen molar-refractivity contribution in [1.82, 2.24) is 9.97 Å². The highest BCUT2D eigenvalue weighted by Gasteiger charge is 2.08. The number of hydrogen-bond donors (Lipinski definition) is 2. The second-order valence-corrected chi connectivity index (χ2v) is 5.56. The van der Waals surface area contributed by atoms with Gasteiger partial charge in [-0.3, -0.25) is 4.79 Å². The zero-order valence-corrected chi connectivity index (χ0v) is 13.1. The first-order valence-corrected chi connectivity index (χ1v) is 7.61. The summed E-state index contributed by atoms with van der Waals surface area (Å²) in [6, 6.07) is 9.44. The Labute approximate surface area is 130 Å². The number of aromatic amines is 1. The molecule has 0 saturated heterocycles. The summed E-state index contributed by atoms with van der Waals surface area (Å²) in [4.78, 5) is 18.8. The SMILES string of the molecule is CC(C)c1ccccc1OCc1nc(CCCN)cc(=O)[nH]1. The van der Waals surface area contributed by atoms with Crippen LogP contribution in [-0.2, 0) is 13.0 Å². The molecule has 0 bridgehead atoms. The van der Waals surface area contributed by atoms with Crippen molar-refractivity contribution in [1.29, 1.82) is 0 Å².